The van der Waals surface area contributed by atoms with Gasteiger partial charge >= 0.3 is 0 Å². The molecule has 1 saturated heterocycles. The Morgan fingerprint density at radius 3 is 3.11 bits per heavy atom. The summed E-state index contributed by atoms with van der Waals surface area (Å²) >= 11 is 0. The van der Waals surface area contributed by atoms with E-state index in [1.807, 2.05) is 6.07 Å². The van der Waals surface area contributed by atoms with Gasteiger partial charge in [0, 0.05) is 19.2 Å². The van der Waals surface area contributed by atoms with Gasteiger partial charge < -0.3 is 10.0 Å². The standard InChI is InChI=1S/C15H16N2O2/c16-10-13-4-1-3-12(9-13)6-7-15(19)17-8-2-5-14(18)11-17/h1,3-4,6-7,9,14,18H,2,5,8,11H2/b7-6+. The maximum atomic E-state index is 11.9. The van der Waals surface area contributed by atoms with Crippen molar-refractivity contribution in [3.63, 3.8) is 0 Å². The Morgan fingerprint density at radius 1 is 1.53 bits per heavy atom. The Morgan fingerprint density at radius 2 is 2.37 bits per heavy atom. The molecule has 0 spiro atoms. The molecule has 2 rings (SSSR count). The topological polar surface area (TPSA) is 64.3 Å². The third kappa shape index (κ3) is 3.67. The lowest BCUT2D eigenvalue weighted by molar-refractivity contribution is -0.128. The number of benzene rings is 1. The molecule has 0 radical (unpaired) electrons. The fourth-order valence-electron chi connectivity index (χ4n) is 2.14. The van der Waals surface area contributed by atoms with Crippen molar-refractivity contribution in [2.75, 3.05) is 13.1 Å². The highest BCUT2D eigenvalue weighted by Gasteiger charge is 2.20. The van der Waals surface area contributed by atoms with Crippen molar-refractivity contribution in [2.24, 2.45) is 0 Å². The van der Waals surface area contributed by atoms with Gasteiger partial charge in [-0.3, -0.25) is 4.79 Å². The Hall–Kier alpha value is -2.12. The fourth-order valence-corrected chi connectivity index (χ4v) is 2.14. The van der Waals surface area contributed by atoms with E-state index in [1.165, 1.54) is 6.08 Å². The predicted octanol–water partition coefficient (Wildman–Crippen LogP) is 1.55. The lowest BCUT2D eigenvalue weighted by Gasteiger charge is -2.29. The van der Waals surface area contributed by atoms with Crippen LogP contribution in [0.1, 0.15) is 24.0 Å². The second-order valence-electron chi connectivity index (χ2n) is 4.65. The summed E-state index contributed by atoms with van der Waals surface area (Å²) in [7, 11) is 0. The van der Waals surface area contributed by atoms with E-state index in [9.17, 15) is 9.90 Å². The Balaban J connectivity index is 2.01. The van der Waals surface area contributed by atoms with Gasteiger partial charge in [-0.2, -0.15) is 5.26 Å². The number of rotatable bonds is 2. The molecule has 1 N–H and O–H groups in total. The number of nitriles is 1. The number of amides is 1. The van der Waals surface area contributed by atoms with Crippen molar-refractivity contribution in [3.05, 3.63) is 41.5 Å². The normalized spacial score (nSPS) is 19.4. The van der Waals surface area contributed by atoms with Crippen molar-refractivity contribution < 1.29 is 9.90 Å². The van der Waals surface area contributed by atoms with Crippen LogP contribution in [0.3, 0.4) is 0 Å². The molecule has 19 heavy (non-hydrogen) atoms. The van der Waals surface area contributed by atoms with Gasteiger partial charge in [0.25, 0.3) is 0 Å². The lowest BCUT2D eigenvalue weighted by atomic mass is 10.1. The molecule has 4 heteroatoms. The molecule has 1 fully saturated rings. The Labute approximate surface area is 112 Å². The van der Waals surface area contributed by atoms with Gasteiger partial charge in [0.15, 0.2) is 0 Å². The number of carbonyl (C=O) groups excluding carboxylic acids is 1. The molecule has 0 aliphatic carbocycles. The van der Waals surface area contributed by atoms with Gasteiger partial charge in [0.2, 0.25) is 5.91 Å². The molecular weight excluding hydrogens is 240 g/mol. The van der Waals surface area contributed by atoms with E-state index in [4.69, 9.17) is 5.26 Å². The van der Waals surface area contributed by atoms with Crippen LogP contribution >= 0.6 is 0 Å². The molecule has 98 valence electrons. The summed E-state index contributed by atoms with van der Waals surface area (Å²) in [5, 5.41) is 18.3. The molecule has 0 saturated carbocycles. The molecular formula is C15H16N2O2. The zero-order valence-electron chi connectivity index (χ0n) is 10.6. The van der Waals surface area contributed by atoms with Gasteiger partial charge in [-0.1, -0.05) is 12.1 Å². The van der Waals surface area contributed by atoms with E-state index in [-0.39, 0.29) is 5.91 Å². The average molecular weight is 256 g/mol. The van der Waals surface area contributed by atoms with E-state index < -0.39 is 6.10 Å². The molecule has 1 aliphatic heterocycles. The molecule has 1 heterocycles. The van der Waals surface area contributed by atoms with Crippen LogP contribution in [0.4, 0.5) is 0 Å². The maximum absolute atomic E-state index is 11.9. The first-order chi connectivity index (χ1) is 9.19. The van der Waals surface area contributed by atoms with E-state index in [1.54, 1.807) is 29.2 Å². The zero-order valence-corrected chi connectivity index (χ0v) is 10.6. The summed E-state index contributed by atoms with van der Waals surface area (Å²) in [6, 6.07) is 9.14. The van der Waals surface area contributed by atoms with Crippen molar-refractivity contribution in [1.29, 1.82) is 5.26 Å². The molecule has 1 aromatic rings. The van der Waals surface area contributed by atoms with Crippen LogP contribution in [-0.4, -0.2) is 35.1 Å². The second-order valence-corrected chi connectivity index (χ2v) is 4.65. The van der Waals surface area contributed by atoms with Gasteiger partial charge in [-0.05, 0) is 36.6 Å². The summed E-state index contributed by atoms with van der Waals surface area (Å²) in [5.74, 6) is -0.0962. The maximum Gasteiger partial charge on any atom is 0.246 e. The van der Waals surface area contributed by atoms with Crippen LogP contribution in [0.2, 0.25) is 0 Å². The van der Waals surface area contributed by atoms with Crippen molar-refractivity contribution in [3.8, 4) is 6.07 Å². The lowest BCUT2D eigenvalue weighted by Crippen LogP contribution is -2.41. The molecule has 0 aromatic heterocycles. The molecule has 1 atom stereocenters. The van der Waals surface area contributed by atoms with Gasteiger partial charge in [-0.25, -0.2) is 0 Å². The highest BCUT2D eigenvalue weighted by molar-refractivity contribution is 5.91. The number of aliphatic hydroxyl groups is 1. The number of piperidine rings is 1. The monoisotopic (exact) mass is 256 g/mol. The quantitative estimate of drug-likeness (QED) is 0.817. The summed E-state index contributed by atoms with van der Waals surface area (Å²) in [5.41, 5.74) is 1.40. The first-order valence-electron chi connectivity index (χ1n) is 6.34. The minimum Gasteiger partial charge on any atom is -0.391 e. The Kier molecular flexibility index (Phi) is 4.32. The van der Waals surface area contributed by atoms with Crippen molar-refractivity contribution in [1.82, 2.24) is 4.90 Å². The summed E-state index contributed by atoms with van der Waals surface area (Å²) < 4.78 is 0. The minimum absolute atomic E-state index is 0.0962. The van der Waals surface area contributed by atoms with E-state index in [2.05, 4.69) is 6.07 Å². The first-order valence-corrected chi connectivity index (χ1v) is 6.34. The van der Waals surface area contributed by atoms with Crippen LogP contribution in [0, 0.1) is 11.3 Å². The fraction of sp³-hybridized carbons (Fsp3) is 0.333. The summed E-state index contributed by atoms with van der Waals surface area (Å²) in [6.45, 7) is 1.10. The molecule has 4 nitrogen and oxygen atoms in total. The number of likely N-dealkylation sites (tertiary alicyclic amines) is 1. The van der Waals surface area contributed by atoms with Gasteiger partial charge in [0.05, 0.1) is 17.7 Å². The van der Waals surface area contributed by atoms with Gasteiger partial charge in [-0.15, -0.1) is 0 Å². The number of hydrogen-bond acceptors (Lipinski definition) is 3. The largest absolute Gasteiger partial charge is 0.391 e. The molecule has 1 aromatic carbocycles. The highest BCUT2D eigenvalue weighted by atomic mass is 16.3. The highest BCUT2D eigenvalue weighted by Crippen LogP contribution is 2.11. The minimum atomic E-state index is -0.409. The average Bonchev–Trinajstić information content (AvgIpc) is 2.45. The Bertz CT molecular complexity index is 531. The first kappa shape index (κ1) is 13.3. The van der Waals surface area contributed by atoms with Gasteiger partial charge in [0.1, 0.15) is 0 Å². The van der Waals surface area contributed by atoms with Crippen molar-refractivity contribution in [2.45, 2.75) is 18.9 Å². The summed E-state index contributed by atoms with van der Waals surface area (Å²) in [6.07, 6.45) is 4.38. The second kappa shape index (κ2) is 6.17. The molecule has 1 unspecified atom stereocenters. The van der Waals surface area contributed by atoms with Crippen LogP contribution in [0.5, 0.6) is 0 Å². The number of nitrogens with zero attached hydrogens (tertiary/aromatic N) is 2. The van der Waals surface area contributed by atoms with Crippen LogP contribution in [-0.2, 0) is 4.79 Å². The van der Waals surface area contributed by atoms with Crippen LogP contribution < -0.4 is 0 Å². The summed E-state index contributed by atoms with van der Waals surface area (Å²) in [4.78, 5) is 13.6. The van der Waals surface area contributed by atoms with E-state index in [0.717, 1.165) is 18.4 Å². The molecule has 1 amide bonds. The number of carbonyl (C=O) groups is 1. The predicted molar refractivity (Wildman–Crippen MR) is 72.0 cm³/mol. The van der Waals surface area contributed by atoms with E-state index >= 15 is 0 Å². The number of hydrogen-bond donors (Lipinski definition) is 1. The number of β-amino-alcohol motifs (C(OH)–C–C–N with tert-alkyl or cyclic N) is 1. The van der Waals surface area contributed by atoms with E-state index in [0.29, 0.717) is 18.7 Å². The molecule has 1 aliphatic rings. The van der Waals surface area contributed by atoms with Crippen molar-refractivity contribution >= 4 is 12.0 Å². The molecule has 0 bridgehead atoms. The third-order valence-electron chi connectivity index (χ3n) is 3.14. The third-order valence-corrected chi connectivity index (χ3v) is 3.14. The SMILES string of the molecule is N#Cc1cccc(/C=C/C(=O)N2CCCC(O)C2)c1. The van der Waals surface area contributed by atoms with Crippen LogP contribution in [0.25, 0.3) is 6.08 Å². The number of aliphatic hydroxyl groups excluding tert-OH is 1. The smallest absolute Gasteiger partial charge is 0.246 e. The zero-order chi connectivity index (χ0) is 13.7. The van der Waals surface area contributed by atoms with Crippen LogP contribution in [0.15, 0.2) is 30.3 Å².